The molecule has 0 amide bonds. The zero-order chi connectivity index (χ0) is 11.3. The summed E-state index contributed by atoms with van der Waals surface area (Å²) in [6, 6.07) is 4.73. The van der Waals surface area contributed by atoms with Crippen molar-refractivity contribution in [1.82, 2.24) is 0 Å². The zero-order valence-electron chi connectivity index (χ0n) is 8.91. The van der Waals surface area contributed by atoms with Crippen LogP contribution in [0.5, 0.6) is 0 Å². The van der Waals surface area contributed by atoms with Crippen molar-refractivity contribution >= 4 is 11.4 Å². The first kappa shape index (κ1) is 11.8. The Balaban J connectivity index is 2.94. The molecule has 0 unspecified atom stereocenters. The second-order valence-electron chi connectivity index (χ2n) is 3.38. The number of aliphatic hydroxyl groups excluding tert-OH is 1. The molecule has 3 nitrogen and oxygen atoms in total. The number of hydrogen-bond donors (Lipinski definition) is 2. The maximum Gasteiger partial charge on any atom is 0.148 e. The average molecular weight is 212 g/mol. The maximum absolute atomic E-state index is 13.2. The Morgan fingerprint density at radius 3 is 2.73 bits per heavy atom. The first-order chi connectivity index (χ1) is 7.20. The average Bonchev–Trinajstić information content (AvgIpc) is 2.22. The minimum Gasteiger partial charge on any atom is -0.395 e. The lowest BCUT2D eigenvalue weighted by molar-refractivity contribution is 0.302. The summed E-state index contributed by atoms with van der Waals surface area (Å²) in [7, 11) is 0. The molecule has 0 bridgehead atoms. The molecular weight excluding hydrogens is 195 g/mol. The van der Waals surface area contributed by atoms with Crippen LogP contribution in [-0.4, -0.2) is 24.8 Å². The Labute approximate surface area is 89.3 Å². The molecule has 0 aliphatic rings. The van der Waals surface area contributed by atoms with Crippen LogP contribution in [0.25, 0.3) is 0 Å². The number of nitrogens with zero attached hydrogens (tertiary/aromatic N) is 1. The van der Waals surface area contributed by atoms with Crippen molar-refractivity contribution in [3.8, 4) is 0 Å². The van der Waals surface area contributed by atoms with E-state index in [1.807, 2.05) is 11.8 Å². The van der Waals surface area contributed by atoms with Crippen molar-refractivity contribution in [3.05, 3.63) is 24.0 Å². The standard InChI is InChI=1S/C11H17FN2O/c1-2-6-14(7-8-15)10-5-3-4-9(12)11(10)13/h3-5,15H,2,6-8,13H2,1H3. The number of nitrogen functional groups attached to an aromatic ring is 1. The number of anilines is 2. The summed E-state index contributed by atoms with van der Waals surface area (Å²) in [6.45, 7) is 3.30. The molecule has 0 saturated carbocycles. The summed E-state index contributed by atoms with van der Waals surface area (Å²) in [4.78, 5) is 1.89. The minimum absolute atomic E-state index is 0.0377. The zero-order valence-corrected chi connectivity index (χ0v) is 8.91. The van der Waals surface area contributed by atoms with E-state index in [0.29, 0.717) is 12.2 Å². The quantitative estimate of drug-likeness (QED) is 0.729. The molecule has 1 aromatic rings. The van der Waals surface area contributed by atoms with Crippen LogP contribution >= 0.6 is 0 Å². The van der Waals surface area contributed by atoms with Crippen LogP contribution in [0.2, 0.25) is 0 Å². The van der Waals surface area contributed by atoms with E-state index in [4.69, 9.17) is 10.8 Å². The highest BCUT2D eigenvalue weighted by Gasteiger charge is 2.10. The molecule has 0 aliphatic carbocycles. The van der Waals surface area contributed by atoms with Gasteiger partial charge in [0.25, 0.3) is 0 Å². The molecule has 0 aromatic heterocycles. The summed E-state index contributed by atoms with van der Waals surface area (Å²) in [5, 5.41) is 8.91. The molecule has 0 aliphatic heterocycles. The van der Waals surface area contributed by atoms with E-state index >= 15 is 0 Å². The summed E-state index contributed by atoms with van der Waals surface area (Å²) >= 11 is 0. The predicted molar refractivity (Wildman–Crippen MR) is 60.4 cm³/mol. The lowest BCUT2D eigenvalue weighted by Crippen LogP contribution is -2.28. The van der Waals surface area contributed by atoms with Gasteiger partial charge in [-0.3, -0.25) is 0 Å². The van der Waals surface area contributed by atoms with Gasteiger partial charge in [0.15, 0.2) is 0 Å². The number of nitrogens with two attached hydrogens (primary N) is 1. The highest BCUT2D eigenvalue weighted by atomic mass is 19.1. The molecule has 4 heteroatoms. The number of benzene rings is 1. The summed E-state index contributed by atoms with van der Waals surface area (Å²) in [6.07, 6.45) is 0.927. The Bertz CT molecular complexity index is 311. The van der Waals surface area contributed by atoms with Crippen molar-refractivity contribution in [3.63, 3.8) is 0 Å². The molecule has 0 fully saturated rings. The van der Waals surface area contributed by atoms with Crippen LogP contribution in [0.4, 0.5) is 15.8 Å². The van der Waals surface area contributed by atoms with Gasteiger partial charge in [-0.05, 0) is 18.6 Å². The maximum atomic E-state index is 13.2. The van der Waals surface area contributed by atoms with Gasteiger partial charge >= 0.3 is 0 Å². The van der Waals surface area contributed by atoms with E-state index in [-0.39, 0.29) is 12.3 Å². The Morgan fingerprint density at radius 1 is 1.40 bits per heavy atom. The van der Waals surface area contributed by atoms with Crippen molar-refractivity contribution < 1.29 is 9.50 Å². The van der Waals surface area contributed by atoms with Crippen LogP contribution in [0, 0.1) is 5.82 Å². The van der Waals surface area contributed by atoms with Crippen LogP contribution in [0.3, 0.4) is 0 Å². The number of aliphatic hydroxyl groups is 1. The Hall–Kier alpha value is -1.29. The SMILES string of the molecule is CCCN(CCO)c1cccc(F)c1N. The molecule has 15 heavy (non-hydrogen) atoms. The molecule has 0 saturated heterocycles. The van der Waals surface area contributed by atoms with E-state index in [9.17, 15) is 4.39 Å². The summed E-state index contributed by atoms with van der Waals surface area (Å²) in [5.74, 6) is -0.411. The highest BCUT2D eigenvalue weighted by molar-refractivity contribution is 5.68. The number of halogens is 1. The van der Waals surface area contributed by atoms with Gasteiger partial charge in [-0.25, -0.2) is 4.39 Å². The second-order valence-corrected chi connectivity index (χ2v) is 3.38. The third-order valence-electron chi connectivity index (χ3n) is 2.23. The highest BCUT2D eigenvalue weighted by Crippen LogP contribution is 2.25. The fourth-order valence-electron chi connectivity index (χ4n) is 1.54. The third kappa shape index (κ3) is 2.83. The number of hydrogen-bond acceptors (Lipinski definition) is 3. The van der Waals surface area contributed by atoms with Crippen LogP contribution in [0.15, 0.2) is 18.2 Å². The van der Waals surface area contributed by atoms with Crippen molar-refractivity contribution in [1.29, 1.82) is 0 Å². The lowest BCUT2D eigenvalue weighted by Gasteiger charge is -2.24. The van der Waals surface area contributed by atoms with Crippen LogP contribution in [-0.2, 0) is 0 Å². The van der Waals surface area contributed by atoms with Crippen LogP contribution < -0.4 is 10.6 Å². The van der Waals surface area contributed by atoms with Crippen molar-refractivity contribution in [2.45, 2.75) is 13.3 Å². The summed E-state index contributed by atoms with van der Waals surface area (Å²) in [5.41, 5.74) is 6.46. The molecule has 0 atom stereocenters. The topological polar surface area (TPSA) is 49.5 Å². The fraction of sp³-hybridized carbons (Fsp3) is 0.455. The molecule has 1 rings (SSSR count). The fourth-order valence-corrected chi connectivity index (χ4v) is 1.54. The molecule has 3 N–H and O–H groups in total. The van der Waals surface area contributed by atoms with Gasteiger partial charge in [-0.15, -0.1) is 0 Å². The molecule has 0 spiro atoms. The van der Waals surface area contributed by atoms with E-state index in [0.717, 1.165) is 13.0 Å². The van der Waals surface area contributed by atoms with E-state index < -0.39 is 5.82 Å². The predicted octanol–water partition coefficient (Wildman–Crippen LogP) is 1.62. The third-order valence-corrected chi connectivity index (χ3v) is 2.23. The van der Waals surface area contributed by atoms with Gasteiger partial charge in [0.2, 0.25) is 0 Å². The summed E-state index contributed by atoms with van der Waals surface area (Å²) < 4.78 is 13.2. The Morgan fingerprint density at radius 2 is 2.13 bits per heavy atom. The number of para-hydroxylation sites is 1. The second kappa shape index (κ2) is 5.56. The van der Waals surface area contributed by atoms with Gasteiger partial charge in [0.1, 0.15) is 5.82 Å². The first-order valence-electron chi connectivity index (χ1n) is 5.10. The van der Waals surface area contributed by atoms with Crippen molar-refractivity contribution in [2.75, 3.05) is 30.3 Å². The lowest BCUT2D eigenvalue weighted by atomic mass is 10.2. The molecule has 0 radical (unpaired) electrons. The van der Waals surface area contributed by atoms with Crippen LogP contribution in [0.1, 0.15) is 13.3 Å². The first-order valence-corrected chi connectivity index (χ1v) is 5.10. The monoisotopic (exact) mass is 212 g/mol. The molecular formula is C11H17FN2O. The van der Waals surface area contributed by atoms with E-state index in [2.05, 4.69) is 0 Å². The molecule has 1 aromatic carbocycles. The van der Waals surface area contributed by atoms with E-state index in [1.54, 1.807) is 12.1 Å². The smallest absolute Gasteiger partial charge is 0.148 e. The van der Waals surface area contributed by atoms with Gasteiger partial charge in [0.05, 0.1) is 18.0 Å². The minimum atomic E-state index is -0.411. The molecule has 0 heterocycles. The largest absolute Gasteiger partial charge is 0.395 e. The number of rotatable bonds is 5. The van der Waals surface area contributed by atoms with Crippen molar-refractivity contribution in [2.24, 2.45) is 0 Å². The van der Waals surface area contributed by atoms with Gasteiger partial charge in [-0.2, -0.15) is 0 Å². The van der Waals surface area contributed by atoms with Gasteiger partial charge in [-0.1, -0.05) is 13.0 Å². The normalized spacial score (nSPS) is 10.3. The van der Waals surface area contributed by atoms with Gasteiger partial charge < -0.3 is 15.7 Å². The van der Waals surface area contributed by atoms with Gasteiger partial charge in [0, 0.05) is 13.1 Å². The van der Waals surface area contributed by atoms with E-state index in [1.165, 1.54) is 6.07 Å². The molecule has 84 valence electrons. The Kier molecular flexibility index (Phi) is 4.37.